The van der Waals surface area contributed by atoms with E-state index in [4.69, 9.17) is 4.55 Å². The molecule has 0 amide bonds. The summed E-state index contributed by atoms with van der Waals surface area (Å²) < 4.78 is 34.2. The second-order valence-corrected chi connectivity index (χ2v) is 3.24. The number of hydrogen-bond acceptors (Lipinski definition) is 5. The summed E-state index contributed by atoms with van der Waals surface area (Å²) in [6, 6.07) is 1.02. The largest absolute Gasteiger partial charge is 0.481 e. The van der Waals surface area contributed by atoms with Gasteiger partial charge in [0, 0.05) is 6.07 Å². The van der Waals surface area contributed by atoms with Gasteiger partial charge in [-0.05, 0) is 0 Å². The van der Waals surface area contributed by atoms with Crippen LogP contribution in [0.25, 0.3) is 0 Å². The number of hydrogen-bond donors (Lipinski definition) is 1. The van der Waals surface area contributed by atoms with Gasteiger partial charge in [0.15, 0.2) is 5.03 Å². The van der Waals surface area contributed by atoms with E-state index >= 15 is 0 Å². The fourth-order valence-corrected chi connectivity index (χ4v) is 1.01. The quantitative estimate of drug-likeness (QED) is 0.510. The molecule has 0 fully saturated rings. The maximum atomic E-state index is 10.5. The van der Waals surface area contributed by atoms with Crippen molar-refractivity contribution >= 4 is 10.1 Å². The van der Waals surface area contributed by atoms with Crippen LogP contribution in [0.2, 0.25) is 0 Å². The third-order valence-electron chi connectivity index (χ3n) is 1.09. The summed E-state index contributed by atoms with van der Waals surface area (Å²) in [4.78, 5) is 6.89. The molecular weight excluding hydrogens is 184 g/mol. The molecule has 12 heavy (non-hydrogen) atoms. The molecule has 0 saturated heterocycles. The van der Waals surface area contributed by atoms with Gasteiger partial charge >= 0.3 is 10.1 Å². The van der Waals surface area contributed by atoms with Crippen LogP contribution in [-0.4, -0.2) is 30.0 Å². The lowest BCUT2D eigenvalue weighted by molar-refractivity contribution is 0.393. The van der Waals surface area contributed by atoms with Gasteiger partial charge in [0.05, 0.1) is 7.11 Å². The van der Waals surface area contributed by atoms with Crippen LogP contribution >= 0.6 is 0 Å². The molecule has 0 aliphatic carbocycles. The van der Waals surface area contributed by atoms with Gasteiger partial charge < -0.3 is 4.74 Å². The summed E-state index contributed by atoms with van der Waals surface area (Å²) in [6.07, 6.45) is 0.988. The van der Waals surface area contributed by atoms with Crippen molar-refractivity contribution in [3.8, 4) is 5.88 Å². The Balaban J connectivity index is 3.20. The Morgan fingerprint density at radius 1 is 1.50 bits per heavy atom. The highest BCUT2D eigenvalue weighted by Gasteiger charge is 2.11. The third-order valence-corrected chi connectivity index (χ3v) is 1.84. The van der Waals surface area contributed by atoms with Crippen molar-refractivity contribution in [1.29, 1.82) is 0 Å². The van der Waals surface area contributed by atoms with Crippen molar-refractivity contribution in [3.05, 3.63) is 12.4 Å². The first-order valence-electron chi connectivity index (χ1n) is 2.87. The number of methoxy groups -OCH3 is 1. The molecule has 1 aromatic rings. The maximum absolute atomic E-state index is 10.5. The Morgan fingerprint density at radius 3 is 2.67 bits per heavy atom. The van der Waals surface area contributed by atoms with Crippen LogP contribution in [0.1, 0.15) is 0 Å². The zero-order chi connectivity index (χ0) is 9.19. The van der Waals surface area contributed by atoms with Crippen LogP contribution in [0.3, 0.4) is 0 Å². The van der Waals surface area contributed by atoms with Gasteiger partial charge in [-0.25, -0.2) is 9.97 Å². The van der Waals surface area contributed by atoms with Crippen LogP contribution in [0.4, 0.5) is 0 Å². The third kappa shape index (κ3) is 1.89. The van der Waals surface area contributed by atoms with Gasteiger partial charge in [-0.3, -0.25) is 4.55 Å². The lowest BCUT2D eigenvalue weighted by Crippen LogP contribution is -2.02. The van der Waals surface area contributed by atoms with Gasteiger partial charge in [-0.2, -0.15) is 8.42 Å². The van der Waals surface area contributed by atoms with E-state index in [-0.39, 0.29) is 5.88 Å². The molecular formula is C5H6N2O4S. The van der Waals surface area contributed by atoms with Gasteiger partial charge in [-0.1, -0.05) is 0 Å². The second kappa shape index (κ2) is 3.03. The van der Waals surface area contributed by atoms with Crippen LogP contribution in [0.15, 0.2) is 17.4 Å². The van der Waals surface area contributed by atoms with Gasteiger partial charge in [0.1, 0.15) is 6.33 Å². The number of aromatic nitrogens is 2. The molecule has 0 spiro atoms. The Labute approximate surface area is 69.0 Å². The highest BCUT2D eigenvalue weighted by atomic mass is 32.2. The number of rotatable bonds is 2. The SMILES string of the molecule is COc1cc(S(=O)(=O)O)ncn1. The van der Waals surface area contributed by atoms with Gasteiger partial charge in [-0.15, -0.1) is 0 Å². The van der Waals surface area contributed by atoms with Crippen LogP contribution < -0.4 is 4.74 Å². The highest BCUT2D eigenvalue weighted by molar-refractivity contribution is 7.85. The van der Waals surface area contributed by atoms with Crippen molar-refractivity contribution < 1.29 is 17.7 Å². The Hall–Kier alpha value is -1.21. The summed E-state index contributed by atoms with van der Waals surface area (Å²) in [6.45, 7) is 0. The highest BCUT2D eigenvalue weighted by Crippen LogP contribution is 2.09. The average molecular weight is 190 g/mol. The first-order chi connectivity index (χ1) is 5.54. The molecule has 7 heteroatoms. The second-order valence-electron chi connectivity index (χ2n) is 1.87. The van der Waals surface area contributed by atoms with Crippen molar-refractivity contribution in [2.75, 3.05) is 7.11 Å². The van der Waals surface area contributed by atoms with E-state index in [9.17, 15) is 8.42 Å². The summed E-state index contributed by atoms with van der Waals surface area (Å²) in [7, 11) is -2.94. The molecule has 0 atom stereocenters. The molecule has 0 aliphatic heterocycles. The Morgan fingerprint density at radius 2 is 2.17 bits per heavy atom. The average Bonchev–Trinajstić information content (AvgIpc) is 2.03. The van der Waals surface area contributed by atoms with Crippen LogP contribution in [0, 0.1) is 0 Å². The van der Waals surface area contributed by atoms with Crippen LogP contribution in [-0.2, 0) is 10.1 Å². The van der Waals surface area contributed by atoms with Crippen molar-refractivity contribution in [2.24, 2.45) is 0 Å². The standard InChI is InChI=1S/C5H6N2O4S/c1-11-4-2-5(7-3-6-4)12(8,9)10/h2-3H,1H3,(H,8,9,10). The van der Waals surface area contributed by atoms with E-state index in [0.717, 1.165) is 12.4 Å². The molecule has 0 bridgehead atoms. The lowest BCUT2D eigenvalue weighted by atomic mass is 10.6. The van der Waals surface area contributed by atoms with E-state index < -0.39 is 15.1 Å². The monoisotopic (exact) mass is 190 g/mol. The molecule has 0 aromatic carbocycles. The topological polar surface area (TPSA) is 89.4 Å². The van der Waals surface area contributed by atoms with Gasteiger partial charge in [0.2, 0.25) is 5.88 Å². The predicted octanol–water partition coefficient (Wildman–Crippen LogP) is -0.268. The fraction of sp³-hybridized carbons (Fsp3) is 0.200. The first kappa shape index (κ1) is 8.88. The van der Waals surface area contributed by atoms with E-state index in [0.29, 0.717) is 0 Å². The summed E-state index contributed by atoms with van der Waals surface area (Å²) in [5.74, 6) is 0.0811. The summed E-state index contributed by atoms with van der Waals surface area (Å²) in [5, 5.41) is -0.477. The zero-order valence-electron chi connectivity index (χ0n) is 6.13. The molecule has 1 rings (SSSR count). The molecule has 1 aromatic heterocycles. The molecule has 0 aliphatic rings. The van der Waals surface area contributed by atoms with Crippen molar-refractivity contribution in [1.82, 2.24) is 9.97 Å². The summed E-state index contributed by atoms with van der Waals surface area (Å²) >= 11 is 0. The Kier molecular flexibility index (Phi) is 2.25. The minimum Gasteiger partial charge on any atom is -0.481 e. The molecule has 0 radical (unpaired) electrons. The Bertz CT molecular complexity index is 375. The molecule has 66 valence electrons. The molecule has 6 nitrogen and oxygen atoms in total. The van der Waals surface area contributed by atoms with Crippen molar-refractivity contribution in [2.45, 2.75) is 5.03 Å². The van der Waals surface area contributed by atoms with Crippen molar-refractivity contribution in [3.63, 3.8) is 0 Å². The van der Waals surface area contributed by atoms with Gasteiger partial charge in [0.25, 0.3) is 0 Å². The van der Waals surface area contributed by atoms with Crippen LogP contribution in [0.5, 0.6) is 5.88 Å². The predicted molar refractivity (Wildman–Crippen MR) is 38.4 cm³/mol. The molecule has 0 unspecified atom stereocenters. The van der Waals surface area contributed by atoms with E-state index in [1.165, 1.54) is 7.11 Å². The fourth-order valence-electron chi connectivity index (χ4n) is 0.576. The minimum absolute atomic E-state index is 0.0811. The van der Waals surface area contributed by atoms with E-state index in [1.807, 2.05) is 0 Å². The normalized spacial score (nSPS) is 11.2. The lowest BCUT2D eigenvalue weighted by Gasteiger charge is -1.98. The molecule has 1 N–H and O–H groups in total. The number of nitrogens with zero attached hydrogens (tertiary/aromatic N) is 2. The molecule has 0 saturated carbocycles. The summed E-state index contributed by atoms with van der Waals surface area (Å²) in [5.41, 5.74) is 0. The number of ether oxygens (including phenoxy) is 1. The smallest absolute Gasteiger partial charge is 0.312 e. The van der Waals surface area contributed by atoms with E-state index in [1.54, 1.807) is 0 Å². The maximum Gasteiger partial charge on any atom is 0.312 e. The molecule has 1 heterocycles. The zero-order valence-corrected chi connectivity index (χ0v) is 6.95. The van der Waals surface area contributed by atoms with E-state index in [2.05, 4.69) is 14.7 Å². The minimum atomic E-state index is -4.27. The first-order valence-corrected chi connectivity index (χ1v) is 4.31.